The molecule has 1 aliphatic rings. The van der Waals surface area contributed by atoms with Crippen LogP contribution in [0.1, 0.15) is 39.3 Å². The molecule has 1 atom stereocenters. The number of hydrogen-bond donors (Lipinski definition) is 2. The number of esters is 1. The molecule has 1 aromatic carbocycles. The van der Waals surface area contributed by atoms with Gasteiger partial charge in [0.2, 0.25) is 5.75 Å². The number of carbonyl (C=O) groups is 2. The number of urea groups is 1. The van der Waals surface area contributed by atoms with Gasteiger partial charge in [-0.15, -0.1) is 0 Å². The van der Waals surface area contributed by atoms with Crippen molar-refractivity contribution < 1.29 is 28.5 Å². The monoisotopic (exact) mass is 378 g/mol. The molecule has 2 N–H and O–H groups in total. The molecule has 8 nitrogen and oxygen atoms in total. The van der Waals surface area contributed by atoms with Gasteiger partial charge < -0.3 is 29.6 Å². The summed E-state index contributed by atoms with van der Waals surface area (Å²) < 4.78 is 21.6. The molecule has 1 heterocycles. The van der Waals surface area contributed by atoms with Crippen molar-refractivity contribution in [1.82, 2.24) is 10.6 Å². The summed E-state index contributed by atoms with van der Waals surface area (Å²) >= 11 is 0. The van der Waals surface area contributed by atoms with Gasteiger partial charge in [-0.25, -0.2) is 9.59 Å². The zero-order chi connectivity index (χ0) is 20.4. The summed E-state index contributed by atoms with van der Waals surface area (Å²) in [5.41, 5.74) is 0.649. The number of amides is 2. The number of hydrogen-bond acceptors (Lipinski definition) is 6. The maximum atomic E-state index is 12.8. The summed E-state index contributed by atoms with van der Waals surface area (Å²) in [6.45, 7) is 7.00. The average molecular weight is 378 g/mol. The van der Waals surface area contributed by atoms with E-state index in [1.165, 1.54) is 21.3 Å². The van der Waals surface area contributed by atoms with Crippen LogP contribution in [0, 0.1) is 0 Å². The minimum atomic E-state index is -0.734. The molecule has 148 valence electrons. The van der Waals surface area contributed by atoms with Crippen molar-refractivity contribution in [3.8, 4) is 17.2 Å². The Morgan fingerprint density at radius 1 is 1.04 bits per heavy atom. The average Bonchev–Trinajstić information content (AvgIpc) is 2.57. The molecule has 0 spiro atoms. The van der Waals surface area contributed by atoms with Gasteiger partial charge in [0.1, 0.15) is 5.60 Å². The van der Waals surface area contributed by atoms with Crippen molar-refractivity contribution in [1.29, 1.82) is 0 Å². The van der Waals surface area contributed by atoms with E-state index in [9.17, 15) is 9.59 Å². The molecule has 0 radical (unpaired) electrons. The van der Waals surface area contributed by atoms with Crippen LogP contribution in [0.2, 0.25) is 0 Å². The number of methoxy groups -OCH3 is 3. The number of carbonyl (C=O) groups excluding carboxylic acids is 2. The molecule has 2 rings (SSSR count). The Bertz CT molecular complexity index is 754. The molecule has 0 unspecified atom stereocenters. The largest absolute Gasteiger partial charge is 0.493 e. The molecule has 1 aromatic rings. The first-order valence-corrected chi connectivity index (χ1v) is 8.42. The van der Waals surface area contributed by atoms with E-state index in [-0.39, 0.29) is 0 Å². The van der Waals surface area contributed by atoms with Gasteiger partial charge in [0, 0.05) is 5.70 Å². The minimum Gasteiger partial charge on any atom is -0.493 e. The van der Waals surface area contributed by atoms with E-state index < -0.39 is 23.6 Å². The fraction of sp³-hybridized carbons (Fsp3) is 0.474. The lowest BCUT2D eigenvalue weighted by Crippen LogP contribution is -2.46. The maximum absolute atomic E-state index is 12.8. The van der Waals surface area contributed by atoms with Gasteiger partial charge in [-0.2, -0.15) is 0 Å². The zero-order valence-corrected chi connectivity index (χ0v) is 16.7. The summed E-state index contributed by atoms with van der Waals surface area (Å²) in [7, 11) is 4.50. The van der Waals surface area contributed by atoms with Gasteiger partial charge in [0.25, 0.3) is 0 Å². The summed E-state index contributed by atoms with van der Waals surface area (Å²) in [4.78, 5) is 24.8. The summed E-state index contributed by atoms with van der Waals surface area (Å²) in [6.07, 6.45) is 0. The Morgan fingerprint density at radius 3 is 2.04 bits per heavy atom. The predicted molar refractivity (Wildman–Crippen MR) is 99.1 cm³/mol. The van der Waals surface area contributed by atoms with Crippen molar-refractivity contribution in [2.24, 2.45) is 0 Å². The SMILES string of the molecule is COc1cc([C@H]2NC(=O)NC(C)=C2C(=O)OC(C)(C)C)cc(OC)c1OC. The van der Waals surface area contributed by atoms with Gasteiger partial charge >= 0.3 is 12.0 Å². The van der Waals surface area contributed by atoms with E-state index in [1.807, 2.05) is 0 Å². The number of rotatable bonds is 5. The molecule has 0 bridgehead atoms. The fourth-order valence-corrected chi connectivity index (χ4v) is 2.82. The third-order valence-electron chi connectivity index (χ3n) is 3.91. The first kappa shape index (κ1) is 20.4. The van der Waals surface area contributed by atoms with Crippen LogP contribution in [0.4, 0.5) is 4.79 Å². The normalized spacial score (nSPS) is 17.0. The zero-order valence-electron chi connectivity index (χ0n) is 16.7. The smallest absolute Gasteiger partial charge is 0.338 e. The predicted octanol–water partition coefficient (Wildman–Crippen LogP) is 2.68. The Balaban J connectivity index is 2.58. The molecule has 0 saturated heterocycles. The molecule has 27 heavy (non-hydrogen) atoms. The highest BCUT2D eigenvalue weighted by molar-refractivity contribution is 5.95. The third kappa shape index (κ3) is 4.45. The highest BCUT2D eigenvalue weighted by Crippen LogP contribution is 2.41. The number of benzene rings is 1. The molecule has 0 aromatic heterocycles. The van der Waals surface area contributed by atoms with Crippen LogP contribution in [-0.2, 0) is 9.53 Å². The van der Waals surface area contributed by atoms with E-state index >= 15 is 0 Å². The van der Waals surface area contributed by atoms with Gasteiger partial charge in [0.15, 0.2) is 11.5 Å². The molecular weight excluding hydrogens is 352 g/mol. The summed E-state index contributed by atoms with van der Waals surface area (Å²) in [5, 5.41) is 5.38. The first-order chi connectivity index (χ1) is 12.6. The van der Waals surface area contributed by atoms with E-state index in [0.29, 0.717) is 34.1 Å². The number of allylic oxidation sites excluding steroid dienone is 1. The van der Waals surface area contributed by atoms with Crippen LogP contribution in [0.25, 0.3) is 0 Å². The second kappa shape index (κ2) is 7.77. The standard InChI is InChI=1S/C19H26N2O6/c1-10-14(17(22)27-19(2,3)4)15(21-18(23)20-10)11-8-12(24-5)16(26-7)13(9-11)25-6/h8-9,15H,1-7H3,(H2,20,21,23)/t15-/m1/s1. The lowest BCUT2D eigenvalue weighted by atomic mass is 9.94. The molecule has 8 heteroatoms. The Labute approximate surface area is 158 Å². The van der Waals surface area contributed by atoms with Crippen molar-refractivity contribution in [3.63, 3.8) is 0 Å². The third-order valence-corrected chi connectivity index (χ3v) is 3.91. The second-order valence-corrected chi connectivity index (χ2v) is 7.03. The second-order valence-electron chi connectivity index (χ2n) is 7.03. The van der Waals surface area contributed by atoms with Crippen LogP contribution < -0.4 is 24.8 Å². The molecule has 1 aliphatic heterocycles. The van der Waals surface area contributed by atoms with E-state index in [4.69, 9.17) is 18.9 Å². The number of nitrogens with one attached hydrogen (secondary N) is 2. The van der Waals surface area contributed by atoms with Crippen LogP contribution in [0.15, 0.2) is 23.4 Å². The molecular formula is C19H26N2O6. The Hall–Kier alpha value is -2.90. The topological polar surface area (TPSA) is 95.1 Å². The molecule has 2 amide bonds. The van der Waals surface area contributed by atoms with Crippen LogP contribution >= 0.6 is 0 Å². The van der Waals surface area contributed by atoms with Crippen molar-refractivity contribution in [3.05, 3.63) is 29.0 Å². The highest BCUT2D eigenvalue weighted by Gasteiger charge is 2.35. The van der Waals surface area contributed by atoms with Crippen molar-refractivity contribution in [2.45, 2.75) is 39.3 Å². The highest BCUT2D eigenvalue weighted by atomic mass is 16.6. The molecule has 0 aliphatic carbocycles. The van der Waals surface area contributed by atoms with Crippen LogP contribution in [0.3, 0.4) is 0 Å². The van der Waals surface area contributed by atoms with Gasteiger partial charge in [-0.1, -0.05) is 0 Å². The Morgan fingerprint density at radius 2 is 1.59 bits per heavy atom. The number of ether oxygens (including phenoxy) is 4. The van der Waals surface area contributed by atoms with Crippen molar-refractivity contribution >= 4 is 12.0 Å². The maximum Gasteiger partial charge on any atom is 0.338 e. The fourth-order valence-electron chi connectivity index (χ4n) is 2.82. The van der Waals surface area contributed by atoms with Gasteiger partial charge in [-0.3, -0.25) is 0 Å². The van der Waals surface area contributed by atoms with E-state index in [0.717, 1.165) is 0 Å². The Kier molecular flexibility index (Phi) is 5.88. The quantitative estimate of drug-likeness (QED) is 0.765. The van der Waals surface area contributed by atoms with Crippen LogP contribution in [-0.4, -0.2) is 38.9 Å². The van der Waals surface area contributed by atoms with E-state index in [1.54, 1.807) is 39.8 Å². The minimum absolute atomic E-state index is 0.304. The van der Waals surface area contributed by atoms with Gasteiger partial charge in [0.05, 0.1) is 32.9 Å². The lowest BCUT2D eigenvalue weighted by molar-refractivity contribution is -0.150. The van der Waals surface area contributed by atoms with Crippen molar-refractivity contribution in [2.75, 3.05) is 21.3 Å². The van der Waals surface area contributed by atoms with Crippen LogP contribution in [0.5, 0.6) is 17.2 Å². The molecule has 0 saturated carbocycles. The first-order valence-electron chi connectivity index (χ1n) is 8.42. The summed E-state index contributed by atoms with van der Waals surface area (Å²) in [6, 6.07) is 2.23. The lowest BCUT2D eigenvalue weighted by Gasteiger charge is -2.30. The van der Waals surface area contributed by atoms with E-state index in [2.05, 4.69) is 10.6 Å². The van der Waals surface area contributed by atoms with Gasteiger partial charge in [-0.05, 0) is 45.4 Å². The molecule has 0 fully saturated rings. The summed E-state index contributed by atoms with van der Waals surface area (Å²) in [5.74, 6) is 0.733.